The van der Waals surface area contributed by atoms with Gasteiger partial charge in [0, 0.05) is 6.54 Å². The Labute approximate surface area is 221 Å². The zero-order chi connectivity index (χ0) is 28.3. The van der Waals surface area contributed by atoms with E-state index in [1.807, 2.05) is 0 Å². The van der Waals surface area contributed by atoms with Crippen molar-refractivity contribution >= 4 is 17.8 Å². The van der Waals surface area contributed by atoms with Crippen LogP contribution in [-0.2, 0) is 37.1 Å². The van der Waals surface area contributed by atoms with Crippen LogP contribution in [0.1, 0.15) is 38.8 Å². The molecule has 0 saturated heterocycles. The van der Waals surface area contributed by atoms with Gasteiger partial charge in [-0.15, -0.1) is 0 Å². The van der Waals surface area contributed by atoms with Gasteiger partial charge >= 0.3 is 18.1 Å². The number of alkyl halides is 3. The van der Waals surface area contributed by atoms with Gasteiger partial charge in [-0.1, -0.05) is 88.4 Å². The lowest BCUT2D eigenvalue weighted by Gasteiger charge is -2.27. The molecule has 0 saturated carbocycles. The van der Waals surface area contributed by atoms with Gasteiger partial charge in [-0.2, -0.15) is 13.2 Å². The molecule has 0 bridgehead atoms. The summed E-state index contributed by atoms with van der Waals surface area (Å²) in [7, 11) is 0. The highest BCUT2D eigenvalue weighted by Crippen LogP contribution is 2.27. The number of rotatable bonds is 13. The van der Waals surface area contributed by atoms with Crippen molar-refractivity contribution in [3.8, 4) is 0 Å². The number of carbonyl (C=O) groups is 3. The van der Waals surface area contributed by atoms with Crippen molar-refractivity contribution in [2.75, 3.05) is 6.54 Å². The van der Waals surface area contributed by atoms with Gasteiger partial charge in [0.25, 0.3) is 0 Å². The molecule has 2 rings (SSSR count). The molecule has 10 heteroatoms. The van der Waals surface area contributed by atoms with Gasteiger partial charge in [0.15, 0.2) is 0 Å². The molecule has 0 aliphatic heterocycles. The summed E-state index contributed by atoms with van der Waals surface area (Å²) >= 11 is 0. The number of hydrogen-bond acceptors (Lipinski definition) is 6. The normalized spacial score (nSPS) is 14.0. The number of esters is 2. The molecule has 0 aliphatic rings. The van der Waals surface area contributed by atoms with Gasteiger partial charge in [0.05, 0.1) is 0 Å². The lowest BCUT2D eigenvalue weighted by Crippen LogP contribution is -2.54. The molecule has 0 aliphatic carbocycles. The fourth-order valence-electron chi connectivity index (χ4n) is 3.58. The molecule has 0 fully saturated rings. The van der Waals surface area contributed by atoms with E-state index < -0.39 is 60.4 Å². The lowest BCUT2D eigenvalue weighted by atomic mass is 10.0. The summed E-state index contributed by atoms with van der Waals surface area (Å²) in [6, 6.07) is 15.3. The maximum atomic E-state index is 13.9. The minimum absolute atomic E-state index is 0.0328. The van der Waals surface area contributed by atoms with E-state index in [0.29, 0.717) is 5.56 Å². The maximum Gasteiger partial charge on any atom is 0.401 e. The quantitative estimate of drug-likeness (QED) is 0.369. The maximum absolute atomic E-state index is 13.9. The van der Waals surface area contributed by atoms with E-state index in [1.165, 1.54) is 0 Å². The van der Waals surface area contributed by atoms with E-state index in [0.717, 1.165) is 5.56 Å². The van der Waals surface area contributed by atoms with Crippen LogP contribution in [0, 0.1) is 17.8 Å². The van der Waals surface area contributed by atoms with Crippen LogP contribution in [0.5, 0.6) is 0 Å². The third-order valence-corrected chi connectivity index (χ3v) is 5.84. The van der Waals surface area contributed by atoms with Gasteiger partial charge in [0.1, 0.15) is 31.2 Å². The predicted octanol–water partition coefficient (Wildman–Crippen LogP) is 4.41. The Morgan fingerprint density at radius 3 is 1.55 bits per heavy atom. The van der Waals surface area contributed by atoms with Crippen molar-refractivity contribution in [1.29, 1.82) is 0 Å². The minimum atomic E-state index is -4.93. The largest absolute Gasteiger partial charge is 0.460 e. The topological polar surface area (TPSA) is 93.7 Å². The van der Waals surface area contributed by atoms with Crippen LogP contribution in [0.3, 0.4) is 0 Å². The minimum Gasteiger partial charge on any atom is -0.460 e. The SMILES string of the molecule is CC(C)[C@H](NC[C@@H](C(=O)N[C@H](C(=O)OCc1ccccc1)C(C)C)C(F)(F)F)C(=O)OCc1ccccc1. The molecule has 0 heterocycles. The summed E-state index contributed by atoms with van der Waals surface area (Å²) in [5, 5.41) is 4.75. The Morgan fingerprint density at radius 1 is 0.737 bits per heavy atom. The molecular weight excluding hydrogens is 501 g/mol. The van der Waals surface area contributed by atoms with Gasteiger partial charge in [-0.3, -0.25) is 9.59 Å². The highest BCUT2D eigenvalue weighted by atomic mass is 19.4. The first-order chi connectivity index (χ1) is 17.9. The number of nitrogens with one attached hydrogen (secondary N) is 2. The van der Waals surface area contributed by atoms with Crippen molar-refractivity contribution in [3.05, 3.63) is 71.8 Å². The van der Waals surface area contributed by atoms with Crippen molar-refractivity contribution in [1.82, 2.24) is 10.6 Å². The summed E-state index contributed by atoms with van der Waals surface area (Å²) in [4.78, 5) is 38.0. The van der Waals surface area contributed by atoms with Crippen LogP contribution in [0.25, 0.3) is 0 Å². The van der Waals surface area contributed by atoms with E-state index in [1.54, 1.807) is 88.4 Å². The third-order valence-electron chi connectivity index (χ3n) is 5.84. The molecule has 3 atom stereocenters. The fraction of sp³-hybridized carbons (Fsp3) is 0.464. The van der Waals surface area contributed by atoms with E-state index in [4.69, 9.17) is 9.47 Å². The van der Waals surface area contributed by atoms with Crippen LogP contribution in [0.15, 0.2) is 60.7 Å². The Balaban J connectivity index is 2.04. The molecule has 0 unspecified atom stereocenters. The summed E-state index contributed by atoms with van der Waals surface area (Å²) < 4.78 is 52.2. The van der Waals surface area contributed by atoms with E-state index in [9.17, 15) is 27.6 Å². The Kier molecular flexibility index (Phi) is 11.8. The van der Waals surface area contributed by atoms with E-state index >= 15 is 0 Å². The average molecular weight is 537 g/mol. The average Bonchev–Trinajstić information content (AvgIpc) is 2.87. The van der Waals surface area contributed by atoms with Crippen LogP contribution in [-0.4, -0.2) is 42.7 Å². The summed E-state index contributed by atoms with van der Waals surface area (Å²) in [6.07, 6.45) is -4.93. The number of amides is 1. The van der Waals surface area contributed by atoms with E-state index in [2.05, 4.69) is 10.6 Å². The second kappa shape index (κ2) is 14.5. The lowest BCUT2D eigenvalue weighted by molar-refractivity contribution is -0.184. The summed E-state index contributed by atoms with van der Waals surface area (Å²) in [6.45, 7) is 5.51. The van der Waals surface area contributed by atoms with Gasteiger partial charge in [-0.25, -0.2) is 4.79 Å². The molecule has 2 N–H and O–H groups in total. The van der Waals surface area contributed by atoms with Gasteiger partial charge in [0.2, 0.25) is 5.91 Å². The van der Waals surface area contributed by atoms with E-state index in [-0.39, 0.29) is 13.2 Å². The monoisotopic (exact) mass is 536 g/mol. The molecule has 0 aromatic heterocycles. The highest BCUT2D eigenvalue weighted by Gasteiger charge is 2.46. The molecular formula is C28H35F3N2O5. The molecule has 2 aromatic carbocycles. The second-order valence-corrected chi connectivity index (χ2v) is 9.64. The Hall–Kier alpha value is -3.40. The first-order valence-corrected chi connectivity index (χ1v) is 12.4. The first-order valence-electron chi connectivity index (χ1n) is 12.4. The predicted molar refractivity (Wildman–Crippen MR) is 135 cm³/mol. The first kappa shape index (κ1) is 30.8. The zero-order valence-electron chi connectivity index (χ0n) is 22.0. The summed E-state index contributed by atoms with van der Waals surface area (Å²) in [5.74, 6) is -6.40. The molecule has 0 radical (unpaired) electrons. The summed E-state index contributed by atoms with van der Waals surface area (Å²) in [5.41, 5.74) is 1.43. The number of benzene rings is 2. The van der Waals surface area contributed by atoms with Crippen molar-refractivity contribution in [3.63, 3.8) is 0 Å². The number of halogens is 3. The van der Waals surface area contributed by atoms with Gasteiger partial charge < -0.3 is 20.1 Å². The molecule has 7 nitrogen and oxygen atoms in total. The molecule has 2 aromatic rings. The van der Waals surface area contributed by atoms with Crippen LogP contribution >= 0.6 is 0 Å². The van der Waals surface area contributed by atoms with Crippen molar-refractivity contribution in [2.45, 2.75) is 59.2 Å². The highest BCUT2D eigenvalue weighted by molar-refractivity contribution is 5.86. The standard InChI is InChI=1S/C28H35F3N2O5/c1-18(2)23(26(35)37-16-20-11-7-5-8-12-20)32-15-22(28(29,30)31)25(34)33-24(19(3)4)27(36)38-17-21-13-9-6-10-14-21/h5-14,18-19,22-24,32H,15-17H2,1-4H3,(H,33,34)/t22-,23-,24-/m0/s1. The molecule has 1 amide bonds. The Morgan fingerprint density at radius 2 is 1.16 bits per heavy atom. The third kappa shape index (κ3) is 9.81. The number of carbonyl (C=O) groups excluding carboxylic acids is 3. The second-order valence-electron chi connectivity index (χ2n) is 9.64. The van der Waals surface area contributed by atoms with Crippen molar-refractivity contribution in [2.24, 2.45) is 17.8 Å². The smallest absolute Gasteiger partial charge is 0.401 e. The number of ether oxygens (including phenoxy) is 2. The van der Waals surface area contributed by atoms with Crippen LogP contribution in [0.2, 0.25) is 0 Å². The van der Waals surface area contributed by atoms with Crippen LogP contribution in [0.4, 0.5) is 13.2 Å². The fourth-order valence-corrected chi connectivity index (χ4v) is 3.58. The molecule has 208 valence electrons. The van der Waals surface area contributed by atoms with Crippen LogP contribution < -0.4 is 10.6 Å². The molecule has 38 heavy (non-hydrogen) atoms. The Bertz CT molecular complexity index is 1030. The number of hydrogen-bond donors (Lipinski definition) is 2. The zero-order valence-corrected chi connectivity index (χ0v) is 22.0. The van der Waals surface area contributed by atoms with Gasteiger partial charge in [-0.05, 0) is 23.0 Å². The van der Waals surface area contributed by atoms with Crippen molar-refractivity contribution < 1.29 is 37.0 Å². The molecule has 0 spiro atoms.